The van der Waals surface area contributed by atoms with Crippen molar-refractivity contribution in [1.82, 2.24) is 4.57 Å². The molecule has 29 heavy (non-hydrogen) atoms. The van der Waals surface area contributed by atoms with Crippen molar-refractivity contribution in [1.29, 1.82) is 5.26 Å². The number of anilines is 1. The minimum absolute atomic E-state index is 0.0319. The van der Waals surface area contributed by atoms with E-state index < -0.39 is 5.91 Å². The van der Waals surface area contributed by atoms with Gasteiger partial charge < -0.3 is 9.88 Å². The summed E-state index contributed by atoms with van der Waals surface area (Å²) >= 11 is 15.6. The molecule has 0 radical (unpaired) electrons. The molecule has 0 saturated heterocycles. The second-order valence-corrected chi connectivity index (χ2v) is 8.07. The third kappa shape index (κ3) is 4.56. The first kappa shape index (κ1) is 21.2. The minimum atomic E-state index is -0.552. The summed E-state index contributed by atoms with van der Waals surface area (Å²) < 4.78 is 3.03. The molecule has 146 valence electrons. The van der Waals surface area contributed by atoms with Gasteiger partial charge in [0.25, 0.3) is 5.91 Å². The summed E-state index contributed by atoms with van der Waals surface area (Å²) in [4.78, 5) is 12.6. The maximum atomic E-state index is 12.6. The number of rotatable bonds is 4. The number of aryl methyl sites for hydroxylation is 1. The number of nitrogens with zero attached hydrogens (tertiary/aromatic N) is 2. The highest BCUT2D eigenvalue weighted by atomic mass is 79.9. The van der Waals surface area contributed by atoms with Gasteiger partial charge in [0.1, 0.15) is 11.6 Å². The molecule has 0 atom stereocenters. The summed E-state index contributed by atoms with van der Waals surface area (Å²) in [7, 11) is 0. The van der Waals surface area contributed by atoms with Gasteiger partial charge in [-0.15, -0.1) is 0 Å². The Bertz CT molecular complexity index is 1180. The number of aromatic nitrogens is 1. The summed E-state index contributed by atoms with van der Waals surface area (Å²) in [5.41, 5.74) is 4.00. The van der Waals surface area contributed by atoms with Crippen molar-refractivity contribution in [2.75, 3.05) is 5.32 Å². The molecule has 4 nitrogen and oxygen atoms in total. The number of carbonyl (C=O) groups is 1. The zero-order valence-corrected chi connectivity index (χ0v) is 18.7. The fraction of sp³-hybridized carbons (Fsp3) is 0.0909. The van der Waals surface area contributed by atoms with Crippen LogP contribution in [0.4, 0.5) is 5.69 Å². The maximum Gasteiger partial charge on any atom is 0.266 e. The van der Waals surface area contributed by atoms with Gasteiger partial charge in [0.2, 0.25) is 0 Å². The van der Waals surface area contributed by atoms with Gasteiger partial charge in [-0.2, -0.15) is 5.26 Å². The van der Waals surface area contributed by atoms with Crippen LogP contribution in [0.2, 0.25) is 10.0 Å². The molecule has 0 saturated carbocycles. The molecule has 0 fully saturated rings. The van der Waals surface area contributed by atoms with Gasteiger partial charge in [-0.3, -0.25) is 4.79 Å². The lowest BCUT2D eigenvalue weighted by molar-refractivity contribution is -0.112. The molecular formula is C22H16BrCl2N3O. The molecule has 0 unspecified atom stereocenters. The lowest BCUT2D eigenvalue weighted by atomic mass is 10.1. The van der Waals surface area contributed by atoms with Crippen LogP contribution in [-0.4, -0.2) is 10.5 Å². The molecular weight excluding hydrogens is 473 g/mol. The van der Waals surface area contributed by atoms with E-state index in [-0.39, 0.29) is 10.6 Å². The topological polar surface area (TPSA) is 57.8 Å². The second-order valence-electron chi connectivity index (χ2n) is 6.37. The van der Waals surface area contributed by atoms with E-state index in [4.69, 9.17) is 23.2 Å². The molecule has 0 bridgehead atoms. The number of hydrogen-bond acceptors (Lipinski definition) is 2. The maximum absolute atomic E-state index is 12.6. The van der Waals surface area contributed by atoms with E-state index in [1.54, 1.807) is 24.3 Å². The van der Waals surface area contributed by atoms with E-state index in [2.05, 4.69) is 25.8 Å². The van der Waals surface area contributed by atoms with Crippen LogP contribution in [0.5, 0.6) is 0 Å². The predicted octanol–water partition coefficient (Wildman–Crippen LogP) is 6.71. The number of carbonyl (C=O) groups excluding carboxylic acids is 1. The van der Waals surface area contributed by atoms with Crippen molar-refractivity contribution in [3.8, 4) is 11.8 Å². The van der Waals surface area contributed by atoms with Crippen molar-refractivity contribution in [2.24, 2.45) is 0 Å². The monoisotopic (exact) mass is 487 g/mol. The van der Waals surface area contributed by atoms with Crippen LogP contribution < -0.4 is 5.32 Å². The standard InChI is InChI=1S/C22H16BrCl2N3O/c1-13-9-15(14(2)28(13)18-6-3-5-17(23)11-18)10-16(12-26)22(29)27-20-8-4-7-19(24)21(20)25/h3-11H,1-2H3,(H,27,29)/b16-10-. The Morgan fingerprint density at radius 1 is 1.17 bits per heavy atom. The predicted molar refractivity (Wildman–Crippen MR) is 122 cm³/mol. The van der Waals surface area contributed by atoms with Gasteiger partial charge in [0.05, 0.1) is 15.7 Å². The zero-order chi connectivity index (χ0) is 21.1. The van der Waals surface area contributed by atoms with Crippen LogP contribution in [0.3, 0.4) is 0 Å². The second kappa shape index (κ2) is 8.87. The molecule has 1 N–H and O–H groups in total. The third-order valence-electron chi connectivity index (χ3n) is 4.40. The van der Waals surface area contributed by atoms with Gasteiger partial charge in [-0.1, -0.05) is 51.3 Å². The molecule has 1 heterocycles. The van der Waals surface area contributed by atoms with Crippen molar-refractivity contribution in [2.45, 2.75) is 13.8 Å². The molecule has 2 aromatic carbocycles. The first-order valence-corrected chi connectivity index (χ1v) is 10.2. The van der Waals surface area contributed by atoms with Gasteiger partial charge in [-0.05, 0) is 61.9 Å². The Hall–Kier alpha value is -2.52. The molecule has 3 rings (SSSR count). The summed E-state index contributed by atoms with van der Waals surface area (Å²) in [6.45, 7) is 3.92. The highest BCUT2D eigenvalue weighted by molar-refractivity contribution is 9.10. The summed E-state index contributed by atoms with van der Waals surface area (Å²) in [6, 6.07) is 16.7. The molecule has 7 heteroatoms. The van der Waals surface area contributed by atoms with E-state index in [1.165, 1.54) is 0 Å². The Morgan fingerprint density at radius 3 is 2.59 bits per heavy atom. The highest BCUT2D eigenvalue weighted by Gasteiger charge is 2.15. The quantitative estimate of drug-likeness (QED) is 0.327. The number of benzene rings is 2. The fourth-order valence-electron chi connectivity index (χ4n) is 3.04. The zero-order valence-electron chi connectivity index (χ0n) is 15.6. The van der Waals surface area contributed by atoms with E-state index in [9.17, 15) is 10.1 Å². The molecule has 0 spiro atoms. The first-order valence-electron chi connectivity index (χ1n) is 8.64. The SMILES string of the molecule is Cc1cc(/C=C(/C#N)C(=O)Nc2cccc(Cl)c2Cl)c(C)n1-c1cccc(Br)c1. The Labute approximate surface area is 187 Å². The minimum Gasteiger partial charge on any atom is -0.320 e. The summed E-state index contributed by atoms with van der Waals surface area (Å²) in [6.07, 6.45) is 1.57. The van der Waals surface area contributed by atoms with E-state index >= 15 is 0 Å². The van der Waals surface area contributed by atoms with Gasteiger partial charge in [0.15, 0.2) is 0 Å². The normalized spacial score (nSPS) is 11.2. The molecule has 1 aromatic heterocycles. The van der Waals surface area contributed by atoms with E-state index in [1.807, 2.05) is 50.2 Å². The summed E-state index contributed by atoms with van der Waals surface area (Å²) in [5, 5.41) is 12.7. The fourth-order valence-corrected chi connectivity index (χ4v) is 3.78. The van der Waals surface area contributed by atoms with Crippen LogP contribution in [0.15, 0.2) is 58.6 Å². The third-order valence-corrected chi connectivity index (χ3v) is 5.71. The number of nitrogens with one attached hydrogen (secondary N) is 1. The van der Waals surface area contributed by atoms with Crippen LogP contribution in [0.25, 0.3) is 11.8 Å². The molecule has 1 amide bonds. The van der Waals surface area contributed by atoms with Gasteiger partial charge in [0, 0.05) is 21.5 Å². The Balaban J connectivity index is 1.96. The van der Waals surface area contributed by atoms with Crippen molar-refractivity contribution >= 4 is 56.8 Å². The van der Waals surface area contributed by atoms with Crippen molar-refractivity contribution in [3.05, 3.63) is 85.6 Å². The Kier molecular flexibility index (Phi) is 6.49. The van der Waals surface area contributed by atoms with Gasteiger partial charge >= 0.3 is 0 Å². The van der Waals surface area contributed by atoms with Crippen LogP contribution in [0.1, 0.15) is 17.0 Å². The number of nitriles is 1. The van der Waals surface area contributed by atoms with Gasteiger partial charge in [-0.25, -0.2) is 0 Å². The van der Waals surface area contributed by atoms with Crippen LogP contribution in [0, 0.1) is 25.2 Å². The molecule has 0 aliphatic carbocycles. The highest BCUT2D eigenvalue weighted by Crippen LogP contribution is 2.30. The van der Waals surface area contributed by atoms with E-state index in [0.29, 0.717) is 10.7 Å². The number of halogens is 3. The first-order chi connectivity index (χ1) is 13.8. The van der Waals surface area contributed by atoms with E-state index in [0.717, 1.165) is 27.1 Å². The molecule has 3 aromatic rings. The van der Waals surface area contributed by atoms with Crippen molar-refractivity contribution < 1.29 is 4.79 Å². The van der Waals surface area contributed by atoms with Crippen molar-refractivity contribution in [3.63, 3.8) is 0 Å². The lowest BCUT2D eigenvalue weighted by Crippen LogP contribution is -2.13. The molecule has 0 aliphatic rings. The van der Waals surface area contributed by atoms with Crippen LogP contribution >= 0.6 is 39.1 Å². The lowest BCUT2D eigenvalue weighted by Gasteiger charge is -2.10. The number of hydrogen-bond donors (Lipinski definition) is 1. The molecule has 0 aliphatic heterocycles. The Morgan fingerprint density at radius 2 is 1.90 bits per heavy atom. The average Bonchev–Trinajstić information content (AvgIpc) is 2.96. The summed E-state index contributed by atoms with van der Waals surface area (Å²) in [5.74, 6) is -0.552. The number of amides is 1. The largest absolute Gasteiger partial charge is 0.320 e. The van der Waals surface area contributed by atoms with Crippen LogP contribution in [-0.2, 0) is 4.79 Å². The average molecular weight is 489 g/mol. The smallest absolute Gasteiger partial charge is 0.266 e.